The minimum absolute atomic E-state index is 0. The van der Waals surface area contributed by atoms with Crippen molar-refractivity contribution in [3.63, 3.8) is 0 Å². The Morgan fingerprint density at radius 3 is 2.21 bits per heavy atom. The molecule has 1 atom stereocenters. The van der Waals surface area contributed by atoms with Crippen LogP contribution >= 0.6 is 12.4 Å². The highest BCUT2D eigenvalue weighted by Crippen LogP contribution is 2.23. The fraction of sp³-hybridized carbons (Fsp3) is 0.625. The van der Waals surface area contributed by atoms with Crippen molar-refractivity contribution in [1.82, 2.24) is 10.2 Å². The topological polar surface area (TPSA) is 15.3 Å². The molecule has 1 fully saturated rings. The Labute approximate surface area is 124 Å². The Bertz CT molecular complexity index is 354. The normalized spacial score (nSPS) is 18.7. The van der Waals surface area contributed by atoms with E-state index in [9.17, 15) is 0 Å². The van der Waals surface area contributed by atoms with Gasteiger partial charge in [-0.05, 0) is 43.5 Å². The quantitative estimate of drug-likeness (QED) is 0.911. The van der Waals surface area contributed by atoms with Crippen molar-refractivity contribution < 1.29 is 0 Å². The summed E-state index contributed by atoms with van der Waals surface area (Å²) < 4.78 is 0. The van der Waals surface area contributed by atoms with Gasteiger partial charge in [-0.3, -0.25) is 4.90 Å². The Morgan fingerprint density at radius 1 is 0.947 bits per heavy atom. The van der Waals surface area contributed by atoms with Gasteiger partial charge in [0, 0.05) is 19.1 Å². The monoisotopic (exact) mass is 282 g/mol. The average molecular weight is 283 g/mol. The van der Waals surface area contributed by atoms with Crippen molar-refractivity contribution in [3.05, 3.63) is 35.4 Å². The molecule has 1 N–H and O–H groups in total. The predicted molar refractivity (Wildman–Crippen MR) is 85.3 cm³/mol. The average Bonchev–Trinajstić information content (AvgIpc) is 2.67. The molecule has 0 saturated carbocycles. The van der Waals surface area contributed by atoms with Crippen molar-refractivity contribution in [2.24, 2.45) is 0 Å². The van der Waals surface area contributed by atoms with E-state index in [1.165, 1.54) is 24.1 Å². The number of rotatable bonds is 3. The van der Waals surface area contributed by atoms with Crippen molar-refractivity contribution in [3.8, 4) is 0 Å². The smallest absolute Gasteiger partial charge is 0.0320 e. The SMILES string of the molecule is CC(C)c1ccc(C(C)N2CCCNCC2)cc1.Cl. The van der Waals surface area contributed by atoms with Gasteiger partial charge in [0.25, 0.3) is 0 Å². The first-order valence-corrected chi connectivity index (χ1v) is 7.23. The minimum Gasteiger partial charge on any atom is -0.315 e. The minimum atomic E-state index is 0. The number of nitrogens with zero attached hydrogens (tertiary/aromatic N) is 1. The van der Waals surface area contributed by atoms with Gasteiger partial charge in [0.1, 0.15) is 0 Å². The van der Waals surface area contributed by atoms with Gasteiger partial charge >= 0.3 is 0 Å². The number of nitrogens with one attached hydrogen (secondary N) is 1. The third-order valence-electron chi connectivity index (χ3n) is 4.01. The predicted octanol–water partition coefficient (Wildman–Crippen LogP) is 3.59. The van der Waals surface area contributed by atoms with E-state index in [1.807, 2.05) is 0 Å². The van der Waals surface area contributed by atoms with Crippen LogP contribution in [0.5, 0.6) is 0 Å². The van der Waals surface area contributed by atoms with Crippen LogP contribution in [0.15, 0.2) is 24.3 Å². The maximum atomic E-state index is 3.47. The Balaban J connectivity index is 0.00000180. The van der Waals surface area contributed by atoms with E-state index in [4.69, 9.17) is 0 Å². The standard InChI is InChI=1S/C16H26N2.ClH/c1-13(2)15-5-7-16(8-6-15)14(3)18-11-4-9-17-10-12-18;/h5-8,13-14,17H,4,9-12H2,1-3H3;1H. The van der Waals surface area contributed by atoms with Crippen LogP contribution < -0.4 is 5.32 Å². The molecular weight excluding hydrogens is 256 g/mol. The third-order valence-corrected chi connectivity index (χ3v) is 4.01. The largest absolute Gasteiger partial charge is 0.315 e. The van der Waals surface area contributed by atoms with Crippen LogP contribution in [-0.2, 0) is 0 Å². The second-order valence-electron chi connectivity index (χ2n) is 5.64. The molecule has 3 heteroatoms. The molecule has 1 aromatic rings. The first-order chi connectivity index (χ1) is 8.68. The third kappa shape index (κ3) is 4.48. The molecule has 1 aromatic carbocycles. The second-order valence-corrected chi connectivity index (χ2v) is 5.64. The summed E-state index contributed by atoms with van der Waals surface area (Å²) >= 11 is 0. The van der Waals surface area contributed by atoms with Crippen LogP contribution in [0.2, 0.25) is 0 Å². The van der Waals surface area contributed by atoms with Crippen LogP contribution in [-0.4, -0.2) is 31.1 Å². The molecule has 1 aliphatic heterocycles. The van der Waals surface area contributed by atoms with Crippen LogP contribution in [0.1, 0.15) is 50.3 Å². The number of halogens is 1. The van der Waals surface area contributed by atoms with E-state index in [0.29, 0.717) is 12.0 Å². The number of hydrogen-bond donors (Lipinski definition) is 1. The zero-order valence-corrected chi connectivity index (χ0v) is 13.2. The maximum Gasteiger partial charge on any atom is 0.0320 e. The molecule has 0 bridgehead atoms. The Kier molecular flexibility index (Phi) is 6.84. The lowest BCUT2D eigenvalue weighted by Crippen LogP contribution is -2.30. The first kappa shape index (κ1) is 16.5. The van der Waals surface area contributed by atoms with E-state index in [-0.39, 0.29) is 12.4 Å². The zero-order chi connectivity index (χ0) is 13.0. The van der Waals surface area contributed by atoms with Gasteiger partial charge in [0.2, 0.25) is 0 Å². The fourth-order valence-electron chi connectivity index (χ4n) is 2.62. The van der Waals surface area contributed by atoms with E-state index in [0.717, 1.165) is 19.6 Å². The highest BCUT2D eigenvalue weighted by atomic mass is 35.5. The van der Waals surface area contributed by atoms with E-state index >= 15 is 0 Å². The molecule has 1 saturated heterocycles. The second kappa shape index (κ2) is 7.88. The molecule has 2 nitrogen and oxygen atoms in total. The summed E-state index contributed by atoms with van der Waals surface area (Å²) in [5, 5.41) is 3.47. The molecule has 19 heavy (non-hydrogen) atoms. The molecule has 0 amide bonds. The molecule has 0 spiro atoms. The summed E-state index contributed by atoms with van der Waals surface area (Å²) in [6.45, 7) is 11.5. The van der Waals surface area contributed by atoms with Gasteiger partial charge in [0.05, 0.1) is 0 Å². The van der Waals surface area contributed by atoms with Crippen LogP contribution in [0, 0.1) is 0 Å². The summed E-state index contributed by atoms with van der Waals surface area (Å²) in [4.78, 5) is 2.59. The molecule has 0 radical (unpaired) electrons. The van der Waals surface area contributed by atoms with Gasteiger partial charge in [0.15, 0.2) is 0 Å². The summed E-state index contributed by atoms with van der Waals surface area (Å²) in [6.07, 6.45) is 1.26. The molecular formula is C16H27ClN2. The van der Waals surface area contributed by atoms with Crippen molar-refractivity contribution in [2.75, 3.05) is 26.2 Å². The highest BCUT2D eigenvalue weighted by Gasteiger charge is 2.16. The van der Waals surface area contributed by atoms with Crippen LogP contribution in [0.4, 0.5) is 0 Å². The summed E-state index contributed by atoms with van der Waals surface area (Å²) in [5.74, 6) is 0.622. The van der Waals surface area contributed by atoms with E-state index < -0.39 is 0 Å². The van der Waals surface area contributed by atoms with Crippen molar-refractivity contribution in [2.45, 2.75) is 39.2 Å². The highest BCUT2D eigenvalue weighted by molar-refractivity contribution is 5.85. The molecule has 0 aliphatic carbocycles. The summed E-state index contributed by atoms with van der Waals surface area (Å²) in [6, 6.07) is 9.71. The zero-order valence-electron chi connectivity index (χ0n) is 12.4. The van der Waals surface area contributed by atoms with Gasteiger partial charge in [-0.15, -0.1) is 12.4 Å². The molecule has 2 rings (SSSR count). The van der Waals surface area contributed by atoms with E-state index in [2.05, 4.69) is 55.3 Å². The fourth-order valence-corrected chi connectivity index (χ4v) is 2.62. The van der Waals surface area contributed by atoms with Gasteiger partial charge in [-0.25, -0.2) is 0 Å². The molecule has 1 heterocycles. The van der Waals surface area contributed by atoms with Crippen molar-refractivity contribution in [1.29, 1.82) is 0 Å². The Morgan fingerprint density at radius 2 is 1.58 bits per heavy atom. The van der Waals surface area contributed by atoms with Gasteiger partial charge in [-0.1, -0.05) is 38.1 Å². The van der Waals surface area contributed by atoms with Crippen molar-refractivity contribution >= 4 is 12.4 Å². The lowest BCUT2D eigenvalue weighted by atomic mass is 9.99. The lowest BCUT2D eigenvalue weighted by molar-refractivity contribution is 0.225. The molecule has 1 unspecified atom stereocenters. The summed E-state index contributed by atoms with van der Waals surface area (Å²) in [5.41, 5.74) is 2.88. The molecule has 108 valence electrons. The van der Waals surface area contributed by atoms with Crippen LogP contribution in [0.25, 0.3) is 0 Å². The molecule has 0 aromatic heterocycles. The van der Waals surface area contributed by atoms with Crippen LogP contribution in [0.3, 0.4) is 0 Å². The number of benzene rings is 1. The van der Waals surface area contributed by atoms with Gasteiger partial charge in [-0.2, -0.15) is 0 Å². The lowest BCUT2D eigenvalue weighted by Gasteiger charge is -2.27. The number of hydrogen-bond acceptors (Lipinski definition) is 2. The first-order valence-electron chi connectivity index (χ1n) is 7.23. The van der Waals surface area contributed by atoms with Gasteiger partial charge < -0.3 is 5.32 Å². The molecule has 1 aliphatic rings. The Hall–Kier alpha value is -0.570. The van der Waals surface area contributed by atoms with E-state index in [1.54, 1.807) is 0 Å². The summed E-state index contributed by atoms with van der Waals surface area (Å²) in [7, 11) is 0. The maximum absolute atomic E-state index is 3.47.